The third kappa shape index (κ3) is 4.42. The molecule has 0 aliphatic heterocycles. The second kappa shape index (κ2) is 9.11. The molecule has 27 heavy (non-hydrogen) atoms. The first kappa shape index (κ1) is 20.3. The second-order valence-electron chi connectivity index (χ2n) is 5.59. The van der Waals surface area contributed by atoms with E-state index >= 15 is 0 Å². The Bertz CT molecular complexity index is 764. The number of benzene rings is 2. The Kier molecular flexibility index (Phi) is 6.86. The molecule has 0 aliphatic carbocycles. The lowest BCUT2D eigenvalue weighted by Gasteiger charge is -2.25. The molecule has 0 radical (unpaired) electrons. The van der Waals surface area contributed by atoms with Gasteiger partial charge in [-0.25, -0.2) is 0 Å². The van der Waals surface area contributed by atoms with Gasteiger partial charge in [0.1, 0.15) is 12.4 Å². The van der Waals surface area contributed by atoms with Gasteiger partial charge < -0.3 is 34.3 Å². The Morgan fingerprint density at radius 3 is 2.07 bits per heavy atom. The average molecular weight is 378 g/mol. The molecule has 0 unspecified atom stereocenters. The third-order valence-electron chi connectivity index (χ3n) is 3.97. The van der Waals surface area contributed by atoms with Crippen LogP contribution in [0.2, 0.25) is 0 Å². The summed E-state index contributed by atoms with van der Waals surface area (Å²) in [5.74, 6) is 0.654. The SMILES string of the molecule is COc1cc([C@H](O)[C@@H](CO)Oc2c(OC)cc(C=O)cc2OC)ccc1O. The maximum atomic E-state index is 11.0. The van der Waals surface area contributed by atoms with Gasteiger partial charge in [-0.3, -0.25) is 4.79 Å². The standard InChI is InChI=1S/C19H22O8/c1-24-14-8-12(4-5-13(14)22)18(23)17(10-21)27-19-15(25-2)6-11(9-20)7-16(19)26-3/h4-9,17-18,21-23H,10H2,1-3H3/t17-,18+/m1/s1. The maximum Gasteiger partial charge on any atom is 0.204 e. The number of aliphatic hydroxyl groups excluding tert-OH is 2. The Balaban J connectivity index is 2.37. The average Bonchev–Trinajstić information content (AvgIpc) is 2.71. The van der Waals surface area contributed by atoms with Gasteiger partial charge >= 0.3 is 0 Å². The number of methoxy groups -OCH3 is 3. The molecule has 8 nitrogen and oxygen atoms in total. The van der Waals surface area contributed by atoms with Gasteiger partial charge in [-0.1, -0.05) is 6.07 Å². The van der Waals surface area contributed by atoms with E-state index in [1.54, 1.807) is 0 Å². The van der Waals surface area contributed by atoms with E-state index in [2.05, 4.69) is 0 Å². The summed E-state index contributed by atoms with van der Waals surface area (Å²) in [5, 5.41) is 30.0. The zero-order valence-corrected chi connectivity index (χ0v) is 15.2. The lowest BCUT2D eigenvalue weighted by atomic mass is 10.0. The lowest BCUT2D eigenvalue weighted by Crippen LogP contribution is -2.29. The summed E-state index contributed by atoms with van der Waals surface area (Å²) in [5.41, 5.74) is 0.687. The Hall–Kier alpha value is -2.97. The summed E-state index contributed by atoms with van der Waals surface area (Å²) >= 11 is 0. The minimum Gasteiger partial charge on any atom is -0.504 e. The molecule has 0 fully saturated rings. The summed E-state index contributed by atoms with van der Waals surface area (Å²) < 4.78 is 21.3. The number of aldehydes is 1. The van der Waals surface area contributed by atoms with Crippen molar-refractivity contribution in [1.29, 1.82) is 0 Å². The van der Waals surface area contributed by atoms with Crippen LogP contribution < -0.4 is 18.9 Å². The molecule has 0 bridgehead atoms. The van der Waals surface area contributed by atoms with Crippen molar-refractivity contribution in [2.24, 2.45) is 0 Å². The molecule has 2 aromatic rings. The number of hydrogen-bond donors (Lipinski definition) is 3. The fourth-order valence-corrected chi connectivity index (χ4v) is 2.53. The van der Waals surface area contributed by atoms with Gasteiger partial charge in [-0.15, -0.1) is 0 Å². The zero-order valence-electron chi connectivity index (χ0n) is 15.2. The Labute approximate surface area is 156 Å². The van der Waals surface area contributed by atoms with Crippen LogP contribution in [-0.4, -0.2) is 55.6 Å². The molecule has 2 rings (SSSR count). The van der Waals surface area contributed by atoms with Gasteiger partial charge in [0.2, 0.25) is 5.75 Å². The molecule has 2 atom stereocenters. The van der Waals surface area contributed by atoms with E-state index < -0.39 is 18.8 Å². The van der Waals surface area contributed by atoms with Crippen LogP contribution in [0, 0.1) is 0 Å². The number of ether oxygens (including phenoxy) is 4. The van der Waals surface area contributed by atoms with Crippen molar-refractivity contribution in [3.63, 3.8) is 0 Å². The maximum absolute atomic E-state index is 11.0. The molecule has 0 heterocycles. The predicted molar refractivity (Wildman–Crippen MR) is 96.1 cm³/mol. The minimum absolute atomic E-state index is 0.0808. The van der Waals surface area contributed by atoms with E-state index in [-0.39, 0.29) is 28.7 Å². The zero-order chi connectivity index (χ0) is 20.0. The number of hydrogen-bond acceptors (Lipinski definition) is 8. The van der Waals surface area contributed by atoms with Gasteiger partial charge in [0.15, 0.2) is 29.1 Å². The van der Waals surface area contributed by atoms with Crippen molar-refractivity contribution in [2.75, 3.05) is 27.9 Å². The number of carbonyl (C=O) groups is 1. The van der Waals surface area contributed by atoms with Crippen LogP contribution in [0.15, 0.2) is 30.3 Å². The molecule has 0 saturated heterocycles. The smallest absolute Gasteiger partial charge is 0.204 e. The minimum atomic E-state index is -1.25. The van der Waals surface area contributed by atoms with Crippen LogP contribution in [0.3, 0.4) is 0 Å². The Morgan fingerprint density at radius 1 is 1.00 bits per heavy atom. The highest BCUT2D eigenvalue weighted by atomic mass is 16.6. The quantitative estimate of drug-likeness (QED) is 0.565. The first-order chi connectivity index (χ1) is 13.0. The highest BCUT2D eigenvalue weighted by Gasteiger charge is 2.26. The molecular formula is C19H22O8. The normalized spacial score (nSPS) is 12.8. The molecular weight excluding hydrogens is 356 g/mol. The largest absolute Gasteiger partial charge is 0.504 e. The van der Waals surface area contributed by atoms with Crippen molar-refractivity contribution >= 4 is 6.29 Å². The van der Waals surface area contributed by atoms with Crippen molar-refractivity contribution < 1.29 is 39.1 Å². The Morgan fingerprint density at radius 2 is 1.59 bits per heavy atom. The fourth-order valence-electron chi connectivity index (χ4n) is 2.53. The topological polar surface area (TPSA) is 115 Å². The first-order valence-electron chi connectivity index (χ1n) is 8.02. The summed E-state index contributed by atoms with van der Waals surface area (Å²) in [6, 6.07) is 7.20. The van der Waals surface area contributed by atoms with E-state index in [9.17, 15) is 20.1 Å². The van der Waals surface area contributed by atoms with E-state index in [1.165, 1.54) is 51.7 Å². The van der Waals surface area contributed by atoms with Gasteiger partial charge in [-0.05, 0) is 29.8 Å². The summed E-state index contributed by atoms with van der Waals surface area (Å²) in [6.45, 7) is -0.522. The molecule has 0 aliphatic rings. The number of carbonyl (C=O) groups excluding carboxylic acids is 1. The van der Waals surface area contributed by atoms with Gasteiger partial charge in [0.05, 0.1) is 27.9 Å². The fraction of sp³-hybridized carbons (Fsp3) is 0.316. The van der Waals surface area contributed by atoms with Crippen LogP contribution in [-0.2, 0) is 0 Å². The van der Waals surface area contributed by atoms with Crippen LogP contribution >= 0.6 is 0 Å². The first-order valence-corrected chi connectivity index (χ1v) is 8.02. The van der Waals surface area contributed by atoms with E-state index in [1.807, 2.05) is 0 Å². The molecule has 2 aromatic carbocycles. The molecule has 8 heteroatoms. The molecule has 0 amide bonds. The predicted octanol–water partition coefficient (Wildman–Crippen LogP) is 1.70. The van der Waals surface area contributed by atoms with Crippen molar-refractivity contribution in [2.45, 2.75) is 12.2 Å². The van der Waals surface area contributed by atoms with Gasteiger partial charge in [0.25, 0.3) is 0 Å². The van der Waals surface area contributed by atoms with Gasteiger partial charge in [0, 0.05) is 5.56 Å². The molecule has 0 spiro atoms. The summed E-state index contributed by atoms with van der Waals surface area (Å²) in [4.78, 5) is 11.0. The van der Waals surface area contributed by atoms with Gasteiger partial charge in [-0.2, -0.15) is 0 Å². The highest BCUT2D eigenvalue weighted by molar-refractivity contribution is 5.78. The summed E-state index contributed by atoms with van der Waals surface area (Å²) in [7, 11) is 4.17. The van der Waals surface area contributed by atoms with E-state index in [0.29, 0.717) is 17.4 Å². The van der Waals surface area contributed by atoms with Crippen LogP contribution in [0.1, 0.15) is 22.0 Å². The molecule has 146 valence electrons. The van der Waals surface area contributed by atoms with E-state index in [4.69, 9.17) is 18.9 Å². The molecule has 0 saturated carbocycles. The van der Waals surface area contributed by atoms with E-state index in [0.717, 1.165) is 0 Å². The van der Waals surface area contributed by atoms with Crippen molar-refractivity contribution in [3.05, 3.63) is 41.5 Å². The van der Waals surface area contributed by atoms with Crippen molar-refractivity contribution in [1.82, 2.24) is 0 Å². The van der Waals surface area contributed by atoms with Crippen LogP contribution in [0.4, 0.5) is 0 Å². The number of rotatable bonds is 9. The van der Waals surface area contributed by atoms with Crippen LogP contribution in [0.25, 0.3) is 0 Å². The molecule has 3 N–H and O–H groups in total. The third-order valence-corrected chi connectivity index (χ3v) is 3.97. The second-order valence-corrected chi connectivity index (χ2v) is 5.59. The number of aliphatic hydroxyl groups is 2. The number of phenols is 1. The molecule has 0 aromatic heterocycles. The number of phenolic OH excluding ortho intramolecular Hbond substituents is 1. The van der Waals surface area contributed by atoms with Crippen molar-refractivity contribution in [3.8, 4) is 28.7 Å². The summed E-state index contributed by atoms with van der Waals surface area (Å²) in [6.07, 6.45) is -1.69. The van der Waals surface area contributed by atoms with Crippen LogP contribution in [0.5, 0.6) is 28.7 Å². The number of aromatic hydroxyl groups is 1. The monoisotopic (exact) mass is 378 g/mol. The lowest BCUT2D eigenvalue weighted by molar-refractivity contribution is -0.00175. The highest BCUT2D eigenvalue weighted by Crippen LogP contribution is 2.40.